The van der Waals surface area contributed by atoms with Crippen molar-refractivity contribution < 1.29 is 135 Å². The Balaban J connectivity index is 0.871. The Morgan fingerprint density at radius 3 is 1.65 bits per heavy atom. The van der Waals surface area contributed by atoms with E-state index in [2.05, 4.69) is 47.6 Å². The van der Waals surface area contributed by atoms with Crippen molar-refractivity contribution in [2.45, 2.75) is 285 Å². The molecular weight excluding hydrogens is 1160 g/mol. The van der Waals surface area contributed by atoms with Crippen molar-refractivity contribution in [2.24, 2.45) is 51.2 Å². The highest BCUT2D eigenvalue weighted by molar-refractivity contribution is 5.30. The molecule has 0 aromatic rings. The number of hydrogen-bond acceptors (Lipinski definition) is 27. The third-order valence-electron chi connectivity index (χ3n) is 23.3. The molecule has 4 saturated heterocycles. The molecule has 88 heavy (non-hydrogen) atoms. The van der Waals surface area contributed by atoms with E-state index in [9.17, 15) is 91.9 Å². The van der Waals surface area contributed by atoms with Gasteiger partial charge in [0.15, 0.2) is 25.2 Å². The first-order valence-electron chi connectivity index (χ1n) is 31.8. The SMILES string of the molecule is CC(CCC(O[C@@H]1O[C@H](CO[C@@H]2O[C@H](CO)[C@@H](O)[C@H](O)[C@H]2O)[C@@H](O)[C@H](O)[C@H]1O[C@@H]1O[C@H](CO)[C@@H](O)[C@H](O)[C@H]1O)C(C)(C)O)C1CCC2(C)C3CC=C4C(CC[C@H](O[C@@H]5O[C@H](CO[C@@H]6C[C@H](CO)[C@@H](O)[C@H](O)[C@H]6O)[C@@H](O)[C@H](O)[C@H]5O)C4(C)C)C3(C)CCC12C. The maximum atomic E-state index is 11.9. The lowest BCUT2D eigenvalue weighted by Crippen LogP contribution is -2.65. The third kappa shape index (κ3) is 13.0. The summed E-state index contributed by atoms with van der Waals surface area (Å²) >= 11 is 0. The highest BCUT2D eigenvalue weighted by atomic mass is 16.8. The average molecular weight is 1270 g/mol. The van der Waals surface area contributed by atoms with E-state index in [4.69, 9.17) is 42.6 Å². The molecule has 0 radical (unpaired) electrons. The van der Waals surface area contributed by atoms with Crippen molar-refractivity contribution in [2.75, 3.05) is 33.0 Å². The van der Waals surface area contributed by atoms with E-state index in [-0.39, 0.29) is 53.4 Å². The second kappa shape index (κ2) is 27.4. The molecule has 0 bridgehead atoms. The van der Waals surface area contributed by atoms with Gasteiger partial charge in [0, 0.05) is 17.9 Å². The van der Waals surface area contributed by atoms with Gasteiger partial charge in [-0.1, -0.05) is 53.2 Å². The maximum absolute atomic E-state index is 11.9. The van der Waals surface area contributed by atoms with Crippen LogP contribution in [0.2, 0.25) is 0 Å². The molecule has 0 spiro atoms. The largest absolute Gasteiger partial charge is 0.396 e. The summed E-state index contributed by atoms with van der Waals surface area (Å²) in [5, 5.41) is 193. The lowest BCUT2D eigenvalue weighted by Gasteiger charge is -2.66. The summed E-state index contributed by atoms with van der Waals surface area (Å²) in [6, 6.07) is 0. The van der Waals surface area contributed by atoms with Gasteiger partial charge in [0.2, 0.25) is 0 Å². The van der Waals surface area contributed by atoms with Crippen LogP contribution in [0.3, 0.4) is 0 Å². The van der Waals surface area contributed by atoms with Crippen LogP contribution in [0, 0.1) is 51.2 Å². The number of fused-ring (bicyclic) bond motifs is 5. The van der Waals surface area contributed by atoms with Crippen molar-refractivity contribution in [1.29, 1.82) is 0 Å². The molecule has 4 aliphatic heterocycles. The molecule has 510 valence electrons. The second-order valence-electron chi connectivity index (χ2n) is 29.1. The van der Waals surface area contributed by atoms with Crippen molar-refractivity contribution in [3.63, 3.8) is 0 Å². The van der Waals surface area contributed by atoms with Gasteiger partial charge in [0.05, 0.1) is 56.4 Å². The van der Waals surface area contributed by atoms with Crippen molar-refractivity contribution in [3.8, 4) is 0 Å². The Morgan fingerprint density at radius 1 is 0.534 bits per heavy atom. The van der Waals surface area contributed by atoms with E-state index in [0.29, 0.717) is 18.8 Å². The Labute approximate surface area is 513 Å². The van der Waals surface area contributed by atoms with Crippen LogP contribution in [0.5, 0.6) is 0 Å². The van der Waals surface area contributed by atoms with Gasteiger partial charge < -0.3 is 135 Å². The van der Waals surface area contributed by atoms with Gasteiger partial charge in [-0.05, 0) is 118 Å². The standard InChI is InChI=1S/C61H104O27/c1-25(9-13-37(58(4,5)79)87-56-52(88-55-51(78)46(73)41(68)32(22-64)83-55)48(75)43(70)34(85-56)24-81-53-49(76)45(72)40(67)31(21-63)82-53)27-15-16-61(8)35-12-10-28-29(59(35,6)17-18-60(27,61)7)11-14-36(57(28,2)3)86-54-50(77)47(74)42(69)33(84-54)23-80-30-19-26(20-62)38(65)44(71)39(30)66/h10,25-27,29-56,62-79H,9,11-24H2,1-8H3/t25?,26-,27?,29?,30-,31-,32-,33-,34-,35?,36+,37?,38-,39+,40-,41-,42-,43-,44+,45+,46+,47+,48+,49-,50-,51-,52-,53-,54+,55+,56+,59?,60?,61?/m1/s1. The van der Waals surface area contributed by atoms with Crippen molar-refractivity contribution in [1.82, 2.24) is 0 Å². The molecule has 8 fully saturated rings. The molecule has 9 aliphatic rings. The molecule has 0 aromatic heterocycles. The molecule has 27 heteroatoms. The van der Waals surface area contributed by atoms with Crippen LogP contribution >= 0.6 is 0 Å². The normalized spacial score (nSPS) is 51.4. The van der Waals surface area contributed by atoms with Gasteiger partial charge in [0.1, 0.15) is 110 Å². The predicted molar refractivity (Wildman–Crippen MR) is 302 cm³/mol. The van der Waals surface area contributed by atoms with E-state index >= 15 is 0 Å². The number of rotatable bonds is 20. The van der Waals surface area contributed by atoms with Crippen LogP contribution in [-0.4, -0.2) is 290 Å². The minimum atomic E-state index is -1.93. The summed E-state index contributed by atoms with van der Waals surface area (Å²) in [7, 11) is 0. The molecule has 27 nitrogen and oxygen atoms in total. The average Bonchev–Trinajstić information content (AvgIpc) is 1.42. The summed E-state index contributed by atoms with van der Waals surface area (Å²) < 4.78 is 54.4. The number of aliphatic hydroxyl groups excluding tert-OH is 17. The van der Waals surface area contributed by atoms with E-state index in [0.717, 1.165) is 38.5 Å². The van der Waals surface area contributed by atoms with Crippen LogP contribution in [-0.2, 0) is 42.6 Å². The zero-order valence-electron chi connectivity index (χ0n) is 51.8. The Morgan fingerprint density at radius 2 is 1.06 bits per heavy atom. The molecular formula is C61H104O27. The molecule has 4 heterocycles. The van der Waals surface area contributed by atoms with Crippen molar-refractivity contribution in [3.05, 3.63) is 11.6 Å². The fourth-order valence-electron chi connectivity index (χ4n) is 17.4. The topological polar surface area (TPSA) is 447 Å². The van der Waals surface area contributed by atoms with Crippen LogP contribution in [0.25, 0.3) is 0 Å². The fourth-order valence-corrected chi connectivity index (χ4v) is 17.4. The van der Waals surface area contributed by atoms with E-state index in [1.54, 1.807) is 13.8 Å². The molecule has 0 amide bonds. The minimum Gasteiger partial charge on any atom is -0.396 e. The van der Waals surface area contributed by atoms with Gasteiger partial charge in [-0.3, -0.25) is 0 Å². The fraction of sp³-hybridized carbons (Fsp3) is 0.967. The predicted octanol–water partition coefficient (Wildman–Crippen LogP) is -3.71. The van der Waals surface area contributed by atoms with Crippen LogP contribution < -0.4 is 0 Å². The number of hydrogen-bond donors (Lipinski definition) is 18. The molecule has 34 atom stereocenters. The van der Waals surface area contributed by atoms with Crippen LogP contribution in [0.4, 0.5) is 0 Å². The summed E-state index contributed by atoms with van der Waals surface area (Å²) in [5.41, 5.74) is -1.14. The third-order valence-corrected chi connectivity index (χ3v) is 23.3. The summed E-state index contributed by atoms with van der Waals surface area (Å²) in [5.74, 6) is 0.100. The minimum absolute atomic E-state index is 0.0144. The first-order chi connectivity index (χ1) is 41.2. The molecule has 0 aromatic carbocycles. The van der Waals surface area contributed by atoms with Gasteiger partial charge in [-0.25, -0.2) is 0 Å². The van der Waals surface area contributed by atoms with Crippen LogP contribution in [0.15, 0.2) is 11.6 Å². The summed E-state index contributed by atoms with van der Waals surface area (Å²) in [6.45, 7) is 13.9. The second-order valence-corrected chi connectivity index (χ2v) is 29.1. The van der Waals surface area contributed by atoms with Crippen LogP contribution in [0.1, 0.15) is 120 Å². The van der Waals surface area contributed by atoms with E-state index in [1.165, 1.54) is 5.57 Å². The zero-order chi connectivity index (χ0) is 64.7. The highest BCUT2D eigenvalue weighted by Crippen LogP contribution is 2.75. The maximum Gasteiger partial charge on any atom is 0.187 e. The smallest absolute Gasteiger partial charge is 0.187 e. The number of ether oxygens (including phenoxy) is 9. The number of aliphatic hydroxyl groups is 18. The first kappa shape index (κ1) is 71.0. The Bertz CT molecular complexity index is 2310. The molecule has 18 N–H and O–H groups in total. The van der Waals surface area contributed by atoms with Crippen molar-refractivity contribution >= 4 is 0 Å². The summed E-state index contributed by atoms with van der Waals surface area (Å²) in [6.07, 6.45) is -30.8. The lowest BCUT2D eigenvalue weighted by molar-refractivity contribution is -0.380. The van der Waals surface area contributed by atoms with Gasteiger partial charge in [0.25, 0.3) is 0 Å². The molecule has 9 rings (SSSR count). The highest BCUT2D eigenvalue weighted by Gasteiger charge is 2.68. The Hall–Kier alpha value is -1.34. The molecule has 4 saturated carbocycles. The molecule has 5 aliphatic carbocycles. The number of allylic oxidation sites excluding steroid dienone is 1. The lowest BCUT2D eigenvalue weighted by atomic mass is 9.39. The Kier molecular flexibility index (Phi) is 22.1. The van der Waals surface area contributed by atoms with Gasteiger partial charge in [-0.15, -0.1) is 0 Å². The summed E-state index contributed by atoms with van der Waals surface area (Å²) in [4.78, 5) is 0. The monoisotopic (exact) mass is 1270 g/mol. The van der Waals surface area contributed by atoms with E-state index < -0.39 is 203 Å². The zero-order valence-corrected chi connectivity index (χ0v) is 51.8. The van der Waals surface area contributed by atoms with Gasteiger partial charge in [-0.2, -0.15) is 0 Å². The van der Waals surface area contributed by atoms with Gasteiger partial charge >= 0.3 is 0 Å². The quantitative estimate of drug-likeness (QED) is 0.0521. The first-order valence-corrected chi connectivity index (χ1v) is 31.8. The van der Waals surface area contributed by atoms with E-state index in [1.807, 2.05) is 0 Å². The molecule has 8 unspecified atom stereocenters.